The average molecular weight is 290 g/mol. The summed E-state index contributed by atoms with van der Waals surface area (Å²) in [5, 5.41) is 5.35. The van der Waals surface area contributed by atoms with Crippen LogP contribution in [0.25, 0.3) is 0 Å². The first kappa shape index (κ1) is 14.8. The minimum Gasteiger partial charge on any atom is -0.356 e. The minimum absolute atomic E-state index is 0.405. The molecule has 0 spiro atoms. The molecule has 0 aliphatic heterocycles. The van der Waals surface area contributed by atoms with E-state index in [9.17, 15) is 0 Å². The van der Waals surface area contributed by atoms with E-state index in [0.717, 1.165) is 25.2 Å². The zero-order valence-corrected chi connectivity index (χ0v) is 13.2. The minimum atomic E-state index is 0.405. The van der Waals surface area contributed by atoms with Crippen LogP contribution in [-0.4, -0.2) is 29.6 Å². The summed E-state index contributed by atoms with van der Waals surface area (Å²) >= 11 is 1.81. The molecule has 2 aromatic heterocycles. The van der Waals surface area contributed by atoms with Crippen molar-refractivity contribution in [3.8, 4) is 0 Å². The molecule has 2 aromatic rings. The molecule has 1 unspecified atom stereocenters. The van der Waals surface area contributed by atoms with Crippen molar-refractivity contribution in [2.75, 3.05) is 23.8 Å². The number of anilines is 2. The highest BCUT2D eigenvalue weighted by atomic mass is 32.1. The van der Waals surface area contributed by atoms with Crippen molar-refractivity contribution in [1.82, 2.24) is 9.97 Å². The van der Waals surface area contributed by atoms with E-state index in [2.05, 4.69) is 58.6 Å². The molecule has 0 radical (unpaired) electrons. The molecule has 0 aliphatic carbocycles. The number of aromatic nitrogens is 2. The second kappa shape index (κ2) is 7.24. The summed E-state index contributed by atoms with van der Waals surface area (Å²) in [5.41, 5.74) is 0. The molecule has 0 bridgehead atoms. The molecule has 5 heteroatoms. The molecule has 0 fully saturated rings. The number of likely N-dealkylation sites (N-methyl/N-ethyl adjacent to an activating group) is 1. The summed E-state index contributed by atoms with van der Waals surface area (Å²) in [6, 6.07) is 6.65. The third kappa shape index (κ3) is 3.93. The fourth-order valence-electron chi connectivity index (χ4n) is 1.95. The smallest absolute Gasteiger partial charge is 0.224 e. The maximum atomic E-state index is 4.57. The second-order valence-electron chi connectivity index (χ2n) is 4.91. The SMILES string of the molecule is CCCNc1nccc(N(C)C(C)Cc2cccs2)n1. The van der Waals surface area contributed by atoms with Crippen LogP contribution in [0.15, 0.2) is 29.8 Å². The normalized spacial score (nSPS) is 12.2. The summed E-state index contributed by atoms with van der Waals surface area (Å²) in [7, 11) is 2.09. The summed E-state index contributed by atoms with van der Waals surface area (Å²) in [4.78, 5) is 12.4. The van der Waals surface area contributed by atoms with Crippen LogP contribution >= 0.6 is 11.3 Å². The van der Waals surface area contributed by atoms with Gasteiger partial charge in [-0.05, 0) is 30.9 Å². The fraction of sp³-hybridized carbons (Fsp3) is 0.467. The Balaban J connectivity index is 2.02. The number of rotatable bonds is 7. The van der Waals surface area contributed by atoms with Crippen LogP contribution in [-0.2, 0) is 6.42 Å². The predicted molar refractivity (Wildman–Crippen MR) is 86.7 cm³/mol. The molecule has 1 atom stereocenters. The highest BCUT2D eigenvalue weighted by molar-refractivity contribution is 7.09. The Morgan fingerprint density at radius 2 is 2.25 bits per heavy atom. The van der Waals surface area contributed by atoms with Gasteiger partial charge in [-0.15, -0.1) is 11.3 Å². The van der Waals surface area contributed by atoms with Gasteiger partial charge in [0.05, 0.1) is 0 Å². The van der Waals surface area contributed by atoms with Crippen LogP contribution in [0.4, 0.5) is 11.8 Å². The first-order valence-electron chi connectivity index (χ1n) is 7.03. The molecule has 0 saturated heterocycles. The van der Waals surface area contributed by atoms with E-state index in [4.69, 9.17) is 0 Å². The lowest BCUT2D eigenvalue weighted by molar-refractivity contribution is 0.679. The number of thiophene rings is 1. The highest BCUT2D eigenvalue weighted by Crippen LogP contribution is 2.18. The van der Waals surface area contributed by atoms with Gasteiger partial charge in [0.2, 0.25) is 5.95 Å². The second-order valence-corrected chi connectivity index (χ2v) is 5.94. The van der Waals surface area contributed by atoms with E-state index >= 15 is 0 Å². The van der Waals surface area contributed by atoms with Gasteiger partial charge in [-0.25, -0.2) is 4.98 Å². The maximum absolute atomic E-state index is 4.57. The van der Waals surface area contributed by atoms with Crippen molar-refractivity contribution in [3.05, 3.63) is 34.7 Å². The van der Waals surface area contributed by atoms with Crippen LogP contribution in [0.1, 0.15) is 25.1 Å². The monoisotopic (exact) mass is 290 g/mol. The van der Waals surface area contributed by atoms with Crippen LogP contribution in [0.5, 0.6) is 0 Å². The fourth-order valence-corrected chi connectivity index (χ4v) is 2.78. The molecule has 2 rings (SSSR count). The number of nitrogens with one attached hydrogen (secondary N) is 1. The molecule has 108 valence electrons. The number of hydrogen-bond donors (Lipinski definition) is 1. The first-order chi connectivity index (χ1) is 9.70. The van der Waals surface area contributed by atoms with Crippen LogP contribution < -0.4 is 10.2 Å². The van der Waals surface area contributed by atoms with Gasteiger partial charge >= 0.3 is 0 Å². The topological polar surface area (TPSA) is 41.1 Å². The van der Waals surface area contributed by atoms with Gasteiger partial charge in [0.25, 0.3) is 0 Å². The Hall–Kier alpha value is -1.62. The molecule has 0 amide bonds. The average Bonchev–Trinajstić information content (AvgIpc) is 2.97. The Morgan fingerprint density at radius 1 is 1.40 bits per heavy atom. The Bertz CT molecular complexity index is 512. The Labute approximate surface area is 124 Å². The van der Waals surface area contributed by atoms with Crippen LogP contribution in [0, 0.1) is 0 Å². The summed E-state index contributed by atoms with van der Waals surface area (Å²) in [6.45, 7) is 5.25. The number of hydrogen-bond acceptors (Lipinski definition) is 5. The summed E-state index contributed by atoms with van der Waals surface area (Å²) in [6.07, 6.45) is 3.92. The Kier molecular flexibility index (Phi) is 5.35. The van der Waals surface area contributed by atoms with Crippen molar-refractivity contribution in [1.29, 1.82) is 0 Å². The summed E-state index contributed by atoms with van der Waals surface area (Å²) < 4.78 is 0. The molecule has 0 aromatic carbocycles. The van der Waals surface area contributed by atoms with Crippen molar-refractivity contribution in [2.24, 2.45) is 0 Å². The van der Waals surface area contributed by atoms with Gasteiger partial charge < -0.3 is 10.2 Å². The molecule has 20 heavy (non-hydrogen) atoms. The third-order valence-corrected chi connectivity index (χ3v) is 4.17. The van der Waals surface area contributed by atoms with Crippen LogP contribution in [0.3, 0.4) is 0 Å². The van der Waals surface area contributed by atoms with Gasteiger partial charge in [0.1, 0.15) is 5.82 Å². The van der Waals surface area contributed by atoms with E-state index in [1.54, 1.807) is 11.3 Å². The maximum Gasteiger partial charge on any atom is 0.224 e. The lowest BCUT2D eigenvalue weighted by Gasteiger charge is -2.25. The molecule has 0 aliphatic rings. The highest BCUT2D eigenvalue weighted by Gasteiger charge is 2.13. The standard InChI is InChI=1S/C15H22N4S/c1-4-8-16-15-17-9-7-14(18-15)19(3)12(2)11-13-6-5-10-20-13/h5-7,9-10,12H,4,8,11H2,1-3H3,(H,16,17,18). The number of nitrogens with zero attached hydrogens (tertiary/aromatic N) is 3. The first-order valence-corrected chi connectivity index (χ1v) is 7.90. The molecule has 4 nitrogen and oxygen atoms in total. The van der Waals surface area contributed by atoms with Gasteiger partial charge in [-0.2, -0.15) is 4.98 Å². The van der Waals surface area contributed by atoms with E-state index in [1.807, 2.05) is 12.3 Å². The summed E-state index contributed by atoms with van der Waals surface area (Å²) in [5.74, 6) is 1.67. The molecular formula is C15H22N4S. The zero-order chi connectivity index (χ0) is 14.4. The van der Waals surface area contributed by atoms with Crippen LogP contribution in [0.2, 0.25) is 0 Å². The van der Waals surface area contributed by atoms with Crippen molar-refractivity contribution >= 4 is 23.1 Å². The van der Waals surface area contributed by atoms with Crippen molar-refractivity contribution in [3.63, 3.8) is 0 Å². The largest absolute Gasteiger partial charge is 0.356 e. The molecular weight excluding hydrogens is 268 g/mol. The van der Waals surface area contributed by atoms with Crippen molar-refractivity contribution in [2.45, 2.75) is 32.7 Å². The molecule has 2 heterocycles. The van der Waals surface area contributed by atoms with E-state index in [-0.39, 0.29) is 0 Å². The molecule has 0 saturated carbocycles. The van der Waals surface area contributed by atoms with E-state index in [0.29, 0.717) is 12.0 Å². The van der Waals surface area contributed by atoms with Gasteiger partial charge in [0.15, 0.2) is 0 Å². The van der Waals surface area contributed by atoms with Gasteiger partial charge in [0, 0.05) is 37.1 Å². The third-order valence-electron chi connectivity index (χ3n) is 3.27. The van der Waals surface area contributed by atoms with Gasteiger partial charge in [-0.1, -0.05) is 13.0 Å². The van der Waals surface area contributed by atoms with Gasteiger partial charge in [-0.3, -0.25) is 0 Å². The zero-order valence-electron chi connectivity index (χ0n) is 12.3. The predicted octanol–water partition coefficient (Wildman–Crippen LogP) is 3.43. The Morgan fingerprint density at radius 3 is 2.95 bits per heavy atom. The lowest BCUT2D eigenvalue weighted by Crippen LogP contribution is -2.31. The molecule has 1 N–H and O–H groups in total. The quantitative estimate of drug-likeness (QED) is 0.848. The lowest BCUT2D eigenvalue weighted by atomic mass is 10.2. The van der Waals surface area contributed by atoms with E-state index < -0.39 is 0 Å². The van der Waals surface area contributed by atoms with E-state index in [1.165, 1.54) is 4.88 Å². The van der Waals surface area contributed by atoms with Crippen molar-refractivity contribution < 1.29 is 0 Å².